The standard InChI is InChI=1S/C26H26BrNO4S/c1-21-14-16-24(17-15-21)33(30,31)28(18-8-13-22-9-4-2-5-10-22)25(19-27)26(29)32-20-23-11-6-3-7-12-23/h2-17,25H,18-20H2,1H3/b13-8+/t25-/m0/s1. The van der Waals surface area contributed by atoms with Gasteiger partial charge in [-0.15, -0.1) is 0 Å². The van der Waals surface area contributed by atoms with E-state index in [0.717, 1.165) is 16.7 Å². The third-order valence-electron chi connectivity index (χ3n) is 5.01. The van der Waals surface area contributed by atoms with E-state index in [1.165, 1.54) is 4.31 Å². The average Bonchev–Trinajstić information content (AvgIpc) is 2.83. The van der Waals surface area contributed by atoms with Gasteiger partial charge in [0.2, 0.25) is 10.0 Å². The Kier molecular flexibility index (Phi) is 9.00. The molecule has 0 radical (unpaired) electrons. The number of hydrogen-bond acceptors (Lipinski definition) is 4. The summed E-state index contributed by atoms with van der Waals surface area (Å²) in [5.74, 6) is -0.612. The molecule has 0 aliphatic carbocycles. The van der Waals surface area contributed by atoms with E-state index in [0.29, 0.717) is 0 Å². The summed E-state index contributed by atoms with van der Waals surface area (Å²) in [6.07, 6.45) is 3.57. The van der Waals surface area contributed by atoms with Gasteiger partial charge in [-0.2, -0.15) is 4.31 Å². The first-order chi connectivity index (χ1) is 15.9. The quantitative estimate of drug-likeness (QED) is 0.268. The zero-order valence-corrected chi connectivity index (χ0v) is 20.7. The van der Waals surface area contributed by atoms with Gasteiger partial charge in [-0.1, -0.05) is 106 Å². The van der Waals surface area contributed by atoms with Crippen molar-refractivity contribution in [1.82, 2.24) is 4.31 Å². The van der Waals surface area contributed by atoms with Crippen LogP contribution in [0.2, 0.25) is 0 Å². The highest BCUT2D eigenvalue weighted by Gasteiger charge is 2.35. The zero-order valence-electron chi connectivity index (χ0n) is 18.3. The van der Waals surface area contributed by atoms with E-state index in [1.54, 1.807) is 30.3 Å². The molecule has 5 nitrogen and oxygen atoms in total. The molecule has 1 atom stereocenters. The van der Waals surface area contributed by atoms with Gasteiger partial charge in [-0.25, -0.2) is 8.42 Å². The number of rotatable bonds is 10. The van der Waals surface area contributed by atoms with Crippen LogP contribution in [0.5, 0.6) is 0 Å². The summed E-state index contributed by atoms with van der Waals surface area (Å²) in [5, 5.41) is 0.102. The summed E-state index contributed by atoms with van der Waals surface area (Å²) in [5.41, 5.74) is 2.71. The van der Waals surface area contributed by atoms with Gasteiger partial charge >= 0.3 is 5.97 Å². The van der Waals surface area contributed by atoms with Crippen molar-refractivity contribution in [2.45, 2.75) is 24.5 Å². The van der Waals surface area contributed by atoms with Gasteiger partial charge in [0.05, 0.1) is 4.90 Å². The number of carbonyl (C=O) groups excluding carboxylic acids is 1. The van der Waals surface area contributed by atoms with Crippen molar-refractivity contribution in [3.63, 3.8) is 0 Å². The van der Waals surface area contributed by atoms with E-state index in [9.17, 15) is 13.2 Å². The summed E-state index contributed by atoms with van der Waals surface area (Å²) in [7, 11) is -3.96. The maximum Gasteiger partial charge on any atom is 0.325 e. The first-order valence-corrected chi connectivity index (χ1v) is 13.0. The fourth-order valence-electron chi connectivity index (χ4n) is 3.18. The number of aryl methyl sites for hydroxylation is 1. The van der Waals surface area contributed by atoms with Crippen LogP contribution in [0.3, 0.4) is 0 Å². The maximum atomic E-state index is 13.5. The molecule has 0 aliphatic rings. The first kappa shape index (κ1) is 24.9. The minimum absolute atomic E-state index is 0.0157. The van der Waals surface area contributed by atoms with E-state index >= 15 is 0 Å². The van der Waals surface area contributed by atoms with Gasteiger partial charge in [-0.05, 0) is 30.2 Å². The van der Waals surface area contributed by atoms with Gasteiger partial charge in [0, 0.05) is 11.9 Å². The summed E-state index contributed by atoms with van der Waals surface area (Å²) < 4.78 is 33.7. The van der Waals surface area contributed by atoms with Crippen molar-refractivity contribution in [3.8, 4) is 0 Å². The SMILES string of the molecule is Cc1ccc(S(=O)(=O)N(C/C=C/c2ccccc2)[C@@H](CBr)C(=O)OCc2ccccc2)cc1. The number of benzene rings is 3. The minimum atomic E-state index is -3.96. The molecule has 0 spiro atoms. The molecule has 3 aromatic carbocycles. The summed E-state index contributed by atoms with van der Waals surface area (Å²) in [6, 6.07) is 24.4. The molecule has 33 heavy (non-hydrogen) atoms. The topological polar surface area (TPSA) is 63.7 Å². The molecule has 172 valence electrons. The molecule has 7 heteroatoms. The smallest absolute Gasteiger partial charge is 0.325 e. The van der Waals surface area contributed by atoms with Gasteiger partial charge in [0.1, 0.15) is 12.6 Å². The lowest BCUT2D eigenvalue weighted by atomic mass is 10.2. The van der Waals surface area contributed by atoms with Gasteiger partial charge in [0.25, 0.3) is 0 Å². The number of alkyl halides is 1. The summed E-state index contributed by atoms with van der Waals surface area (Å²) in [6.45, 7) is 1.97. The number of nitrogens with zero attached hydrogens (tertiary/aromatic N) is 1. The Balaban J connectivity index is 1.87. The average molecular weight is 528 g/mol. The van der Waals surface area contributed by atoms with Crippen LogP contribution in [-0.4, -0.2) is 36.6 Å². The van der Waals surface area contributed by atoms with Crippen molar-refractivity contribution in [2.75, 3.05) is 11.9 Å². The van der Waals surface area contributed by atoms with Crippen molar-refractivity contribution in [3.05, 3.63) is 108 Å². The molecule has 0 fully saturated rings. The Labute approximate surface area is 203 Å². The van der Waals surface area contributed by atoms with E-state index in [1.807, 2.05) is 73.7 Å². The number of halogens is 1. The highest BCUT2D eigenvalue weighted by molar-refractivity contribution is 9.09. The molecule has 0 saturated heterocycles. The molecule has 0 amide bonds. The van der Waals surface area contributed by atoms with E-state index in [4.69, 9.17) is 4.74 Å². The van der Waals surface area contributed by atoms with Gasteiger partial charge < -0.3 is 4.74 Å². The number of esters is 1. The Morgan fingerprint density at radius 1 is 0.970 bits per heavy atom. The zero-order chi connectivity index (χ0) is 23.7. The molecular weight excluding hydrogens is 502 g/mol. The second-order valence-electron chi connectivity index (χ2n) is 7.46. The summed E-state index contributed by atoms with van der Waals surface area (Å²) >= 11 is 3.33. The lowest BCUT2D eigenvalue weighted by Crippen LogP contribution is -2.47. The molecule has 0 saturated carbocycles. The number of carbonyl (C=O) groups is 1. The minimum Gasteiger partial charge on any atom is -0.460 e. The second-order valence-corrected chi connectivity index (χ2v) is 10.0. The van der Waals surface area contributed by atoms with Crippen LogP contribution < -0.4 is 0 Å². The third kappa shape index (κ3) is 6.87. The van der Waals surface area contributed by atoms with Crippen molar-refractivity contribution in [2.24, 2.45) is 0 Å². The molecule has 3 aromatic rings. The van der Waals surface area contributed by atoms with Crippen LogP contribution in [-0.2, 0) is 26.2 Å². The first-order valence-electron chi connectivity index (χ1n) is 10.5. The van der Waals surface area contributed by atoms with Crippen LogP contribution in [0.25, 0.3) is 6.08 Å². The van der Waals surface area contributed by atoms with E-state index < -0.39 is 22.0 Å². The predicted octanol–water partition coefficient (Wildman–Crippen LogP) is 5.21. The molecule has 0 aliphatic heterocycles. The van der Waals surface area contributed by atoms with Crippen LogP contribution in [0.15, 0.2) is 95.9 Å². The number of sulfonamides is 1. The van der Waals surface area contributed by atoms with Gasteiger partial charge in [0.15, 0.2) is 0 Å². The molecule has 0 heterocycles. The highest BCUT2D eigenvalue weighted by Crippen LogP contribution is 2.21. The predicted molar refractivity (Wildman–Crippen MR) is 134 cm³/mol. The summed E-state index contributed by atoms with van der Waals surface area (Å²) in [4.78, 5) is 13.1. The largest absolute Gasteiger partial charge is 0.460 e. The van der Waals surface area contributed by atoms with Crippen molar-refractivity contribution < 1.29 is 17.9 Å². The van der Waals surface area contributed by atoms with Crippen molar-refractivity contribution in [1.29, 1.82) is 0 Å². The number of ether oxygens (including phenoxy) is 1. The molecule has 0 N–H and O–H groups in total. The monoisotopic (exact) mass is 527 g/mol. The van der Waals surface area contributed by atoms with Crippen LogP contribution >= 0.6 is 15.9 Å². The lowest BCUT2D eigenvalue weighted by Gasteiger charge is -2.27. The Morgan fingerprint density at radius 3 is 2.18 bits per heavy atom. The fourth-order valence-corrected chi connectivity index (χ4v) is 5.51. The maximum absolute atomic E-state index is 13.5. The Hall–Kier alpha value is -2.74. The third-order valence-corrected chi connectivity index (χ3v) is 7.51. The lowest BCUT2D eigenvalue weighted by molar-refractivity contribution is -0.148. The van der Waals surface area contributed by atoms with E-state index in [2.05, 4.69) is 15.9 Å². The fraction of sp³-hybridized carbons (Fsp3) is 0.192. The van der Waals surface area contributed by atoms with Crippen molar-refractivity contribution >= 4 is 38.0 Å². The molecule has 0 bridgehead atoms. The second kappa shape index (κ2) is 11.9. The highest BCUT2D eigenvalue weighted by atomic mass is 79.9. The normalized spacial score (nSPS) is 12.7. The van der Waals surface area contributed by atoms with Crippen LogP contribution in [0, 0.1) is 6.92 Å². The van der Waals surface area contributed by atoms with E-state index in [-0.39, 0.29) is 23.4 Å². The Morgan fingerprint density at radius 2 is 1.58 bits per heavy atom. The van der Waals surface area contributed by atoms with Crippen LogP contribution in [0.4, 0.5) is 0 Å². The van der Waals surface area contributed by atoms with Gasteiger partial charge in [-0.3, -0.25) is 4.79 Å². The molecule has 3 rings (SSSR count). The molecule has 0 unspecified atom stereocenters. The molecular formula is C26H26BrNO4S. The molecule has 0 aromatic heterocycles. The Bertz CT molecular complexity index is 1160. The number of hydrogen-bond donors (Lipinski definition) is 0. The van der Waals surface area contributed by atoms with Crippen LogP contribution in [0.1, 0.15) is 16.7 Å².